The highest BCUT2D eigenvalue weighted by atomic mass is 35.5. The van der Waals surface area contributed by atoms with Crippen molar-refractivity contribution >= 4 is 41.5 Å². The molecule has 0 unspecified atom stereocenters. The van der Waals surface area contributed by atoms with Crippen molar-refractivity contribution in [3.8, 4) is 0 Å². The molecule has 0 aliphatic rings. The molecule has 0 spiro atoms. The van der Waals surface area contributed by atoms with Crippen molar-refractivity contribution in [2.24, 2.45) is 5.92 Å². The van der Waals surface area contributed by atoms with E-state index in [2.05, 4.69) is 19.2 Å². The second kappa shape index (κ2) is 9.10. The summed E-state index contributed by atoms with van der Waals surface area (Å²) in [6.45, 7) is 6.34. The van der Waals surface area contributed by atoms with Crippen LogP contribution in [0.4, 0.5) is 11.4 Å². The van der Waals surface area contributed by atoms with Gasteiger partial charge in [0.15, 0.2) is 0 Å². The van der Waals surface area contributed by atoms with Gasteiger partial charge in [-0.1, -0.05) is 19.9 Å². The Labute approximate surface area is 126 Å². The number of nitrogen functional groups attached to an aromatic ring is 1. The van der Waals surface area contributed by atoms with Crippen LogP contribution < -0.4 is 11.1 Å². The molecule has 1 amide bonds. The molecule has 0 aliphatic carbocycles. The Morgan fingerprint density at radius 3 is 2.74 bits per heavy atom. The quantitative estimate of drug-likeness (QED) is 0.622. The summed E-state index contributed by atoms with van der Waals surface area (Å²) >= 11 is 1.68. The Balaban J connectivity index is 0.00000324. The van der Waals surface area contributed by atoms with Gasteiger partial charge >= 0.3 is 0 Å². The number of nitrogens with two attached hydrogens (primary N) is 1. The molecule has 0 aliphatic heterocycles. The normalized spacial score (nSPS) is 10.1. The Kier molecular flexibility index (Phi) is 8.68. The zero-order valence-electron chi connectivity index (χ0n) is 11.7. The second-order valence-corrected chi connectivity index (χ2v) is 5.96. The lowest BCUT2D eigenvalue weighted by Gasteiger charge is -2.09. The van der Waals surface area contributed by atoms with Crippen LogP contribution in [-0.4, -0.2) is 17.4 Å². The third-order valence-electron chi connectivity index (χ3n) is 2.61. The van der Waals surface area contributed by atoms with Gasteiger partial charge in [0.2, 0.25) is 5.91 Å². The molecule has 19 heavy (non-hydrogen) atoms. The number of nitrogens with one attached hydrogen (secondary N) is 1. The van der Waals surface area contributed by atoms with E-state index in [1.54, 1.807) is 17.8 Å². The molecule has 5 heteroatoms. The molecule has 0 saturated heterocycles. The third kappa shape index (κ3) is 7.33. The summed E-state index contributed by atoms with van der Waals surface area (Å²) in [5.41, 5.74) is 8.21. The maximum atomic E-state index is 11.7. The lowest BCUT2D eigenvalue weighted by molar-refractivity contribution is -0.113. The van der Waals surface area contributed by atoms with E-state index >= 15 is 0 Å². The maximum Gasteiger partial charge on any atom is 0.234 e. The van der Waals surface area contributed by atoms with Crippen molar-refractivity contribution in [3.05, 3.63) is 23.8 Å². The Morgan fingerprint density at radius 2 is 2.11 bits per heavy atom. The largest absolute Gasteiger partial charge is 0.399 e. The molecule has 0 fully saturated rings. The number of hydrogen-bond acceptors (Lipinski definition) is 3. The van der Waals surface area contributed by atoms with Crippen LogP contribution >= 0.6 is 24.2 Å². The van der Waals surface area contributed by atoms with E-state index in [0.29, 0.717) is 17.4 Å². The van der Waals surface area contributed by atoms with Crippen molar-refractivity contribution in [3.63, 3.8) is 0 Å². The molecule has 3 nitrogen and oxygen atoms in total. The molecule has 0 aromatic heterocycles. The summed E-state index contributed by atoms with van der Waals surface area (Å²) in [5.74, 6) is 2.26. The van der Waals surface area contributed by atoms with Crippen molar-refractivity contribution < 1.29 is 4.79 Å². The number of aryl methyl sites for hydroxylation is 1. The molecule has 0 radical (unpaired) electrons. The van der Waals surface area contributed by atoms with Gasteiger partial charge in [-0.05, 0) is 42.7 Å². The van der Waals surface area contributed by atoms with E-state index in [-0.39, 0.29) is 18.3 Å². The van der Waals surface area contributed by atoms with E-state index in [4.69, 9.17) is 5.73 Å². The lowest BCUT2D eigenvalue weighted by atomic mass is 10.2. The number of halogens is 1. The molecule has 108 valence electrons. The molecule has 1 aromatic carbocycles. The SMILES string of the molecule is Cc1ccc(N)cc1NC(=O)CSCCC(C)C.Cl. The smallest absolute Gasteiger partial charge is 0.234 e. The van der Waals surface area contributed by atoms with Crippen LogP contribution in [-0.2, 0) is 4.79 Å². The first-order valence-corrected chi connectivity index (χ1v) is 7.38. The number of thioether (sulfide) groups is 1. The number of hydrogen-bond donors (Lipinski definition) is 2. The van der Waals surface area contributed by atoms with E-state index in [1.165, 1.54) is 0 Å². The average Bonchev–Trinajstić information content (AvgIpc) is 2.29. The highest BCUT2D eigenvalue weighted by Crippen LogP contribution is 2.18. The van der Waals surface area contributed by atoms with Crippen molar-refractivity contribution in [1.29, 1.82) is 0 Å². The van der Waals surface area contributed by atoms with Gasteiger partial charge in [-0.2, -0.15) is 11.8 Å². The zero-order chi connectivity index (χ0) is 13.5. The van der Waals surface area contributed by atoms with Gasteiger partial charge < -0.3 is 11.1 Å². The first kappa shape index (κ1) is 18.1. The highest BCUT2D eigenvalue weighted by Gasteiger charge is 2.05. The summed E-state index contributed by atoms with van der Waals surface area (Å²) in [5, 5.41) is 2.90. The van der Waals surface area contributed by atoms with Gasteiger partial charge in [0.25, 0.3) is 0 Å². The Hall–Kier alpha value is -0.870. The topological polar surface area (TPSA) is 55.1 Å². The van der Waals surface area contributed by atoms with E-state index < -0.39 is 0 Å². The standard InChI is InChI=1S/C14H22N2OS.ClH/c1-10(2)6-7-18-9-14(17)16-13-8-12(15)5-4-11(13)3;/h4-5,8,10H,6-7,9,15H2,1-3H3,(H,16,17);1H. The number of anilines is 2. The number of carbonyl (C=O) groups excluding carboxylic acids is 1. The Morgan fingerprint density at radius 1 is 1.42 bits per heavy atom. The van der Waals surface area contributed by atoms with Crippen LogP contribution in [0.3, 0.4) is 0 Å². The summed E-state index contributed by atoms with van der Waals surface area (Å²) in [7, 11) is 0. The minimum absolute atomic E-state index is 0. The molecular formula is C14H23ClN2OS. The zero-order valence-corrected chi connectivity index (χ0v) is 13.4. The third-order valence-corrected chi connectivity index (χ3v) is 3.60. The van der Waals surface area contributed by atoms with Gasteiger partial charge in [0.1, 0.15) is 0 Å². The summed E-state index contributed by atoms with van der Waals surface area (Å²) < 4.78 is 0. The van der Waals surface area contributed by atoms with Crippen LogP contribution in [0.5, 0.6) is 0 Å². The van der Waals surface area contributed by atoms with Gasteiger partial charge in [-0.25, -0.2) is 0 Å². The molecule has 1 aromatic rings. The average molecular weight is 303 g/mol. The number of benzene rings is 1. The monoisotopic (exact) mass is 302 g/mol. The first-order valence-electron chi connectivity index (χ1n) is 6.22. The fraction of sp³-hybridized carbons (Fsp3) is 0.500. The minimum Gasteiger partial charge on any atom is -0.399 e. The van der Waals surface area contributed by atoms with Gasteiger partial charge in [0.05, 0.1) is 5.75 Å². The van der Waals surface area contributed by atoms with Crippen LogP contribution in [0.2, 0.25) is 0 Å². The number of amides is 1. The predicted octanol–water partition coefficient (Wildman–Crippen LogP) is 3.72. The lowest BCUT2D eigenvalue weighted by Crippen LogP contribution is -2.15. The molecule has 0 bridgehead atoms. The maximum absolute atomic E-state index is 11.7. The molecule has 0 heterocycles. The number of carbonyl (C=O) groups is 1. The second-order valence-electron chi connectivity index (χ2n) is 4.86. The van der Waals surface area contributed by atoms with Crippen molar-refractivity contribution in [2.45, 2.75) is 27.2 Å². The van der Waals surface area contributed by atoms with E-state index in [0.717, 1.165) is 23.4 Å². The van der Waals surface area contributed by atoms with Crippen LogP contribution in [0.1, 0.15) is 25.8 Å². The van der Waals surface area contributed by atoms with Crippen LogP contribution in [0.15, 0.2) is 18.2 Å². The minimum atomic E-state index is 0. The first-order chi connectivity index (χ1) is 8.49. The van der Waals surface area contributed by atoms with Crippen molar-refractivity contribution in [1.82, 2.24) is 0 Å². The van der Waals surface area contributed by atoms with Crippen molar-refractivity contribution in [2.75, 3.05) is 22.6 Å². The van der Waals surface area contributed by atoms with Crippen LogP contribution in [0, 0.1) is 12.8 Å². The molecule has 0 saturated carbocycles. The van der Waals surface area contributed by atoms with Gasteiger partial charge in [-0.3, -0.25) is 4.79 Å². The summed E-state index contributed by atoms with van der Waals surface area (Å²) in [6, 6.07) is 5.55. The molecule has 3 N–H and O–H groups in total. The predicted molar refractivity (Wildman–Crippen MR) is 88.2 cm³/mol. The molecular weight excluding hydrogens is 280 g/mol. The van der Waals surface area contributed by atoms with Gasteiger partial charge in [0, 0.05) is 11.4 Å². The summed E-state index contributed by atoms with van der Waals surface area (Å²) in [4.78, 5) is 11.7. The fourth-order valence-corrected chi connectivity index (χ4v) is 2.48. The molecule has 0 atom stereocenters. The van der Waals surface area contributed by atoms with Gasteiger partial charge in [-0.15, -0.1) is 12.4 Å². The highest BCUT2D eigenvalue weighted by molar-refractivity contribution is 7.99. The summed E-state index contributed by atoms with van der Waals surface area (Å²) in [6.07, 6.45) is 1.15. The fourth-order valence-electron chi connectivity index (χ4n) is 1.44. The van der Waals surface area contributed by atoms with Crippen LogP contribution in [0.25, 0.3) is 0 Å². The van der Waals surface area contributed by atoms with E-state index in [1.807, 2.05) is 19.1 Å². The molecule has 1 rings (SSSR count). The number of rotatable bonds is 6. The van der Waals surface area contributed by atoms with E-state index in [9.17, 15) is 4.79 Å². The Bertz CT molecular complexity index is 410.